The third-order valence-corrected chi connectivity index (χ3v) is 1.51. The van der Waals surface area contributed by atoms with Crippen LogP contribution in [0.25, 0.3) is 0 Å². The molecule has 0 amide bonds. The maximum Gasteiger partial charge on any atom is 0.158 e. The summed E-state index contributed by atoms with van der Waals surface area (Å²) in [5.41, 5.74) is 0. The van der Waals surface area contributed by atoms with Crippen LogP contribution in [0.4, 0.5) is 10.2 Å². The fourth-order valence-corrected chi connectivity index (χ4v) is 0.939. The van der Waals surface area contributed by atoms with E-state index < -0.39 is 5.83 Å². The summed E-state index contributed by atoms with van der Waals surface area (Å²) in [6.07, 6.45) is 2.41. The molecule has 6 heteroatoms. The van der Waals surface area contributed by atoms with Gasteiger partial charge in [-0.15, -0.1) is 0 Å². The van der Waals surface area contributed by atoms with Crippen LogP contribution < -0.4 is 5.01 Å². The number of rotatable bonds is 3. The van der Waals surface area contributed by atoms with Gasteiger partial charge >= 0.3 is 0 Å². The molecule has 14 heavy (non-hydrogen) atoms. The van der Waals surface area contributed by atoms with E-state index in [1.54, 1.807) is 0 Å². The van der Waals surface area contributed by atoms with Gasteiger partial charge in [-0.2, -0.15) is 5.10 Å². The maximum absolute atomic E-state index is 12.6. The highest BCUT2D eigenvalue weighted by molar-refractivity contribution is 6.29. The van der Waals surface area contributed by atoms with Crippen LogP contribution in [0.3, 0.4) is 0 Å². The van der Waals surface area contributed by atoms with Crippen molar-refractivity contribution in [1.29, 1.82) is 0 Å². The Morgan fingerprint density at radius 1 is 1.71 bits per heavy atom. The number of halogens is 2. The molecule has 0 saturated heterocycles. The van der Waals surface area contributed by atoms with Crippen molar-refractivity contribution in [2.75, 3.05) is 5.01 Å². The lowest BCUT2D eigenvalue weighted by Crippen LogP contribution is -2.08. The maximum atomic E-state index is 12.6. The number of aromatic nitrogens is 2. The molecule has 0 N–H and O–H groups in total. The van der Waals surface area contributed by atoms with Crippen LogP contribution >= 0.6 is 11.6 Å². The van der Waals surface area contributed by atoms with Gasteiger partial charge in [0.15, 0.2) is 5.82 Å². The topological polar surface area (TPSA) is 41.4 Å². The first-order valence-electron chi connectivity index (χ1n) is 3.71. The van der Waals surface area contributed by atoms with E-state index in [9.17, 15) is 4.39 Å². The predicted molar refractivity (Wildman–Crippen MR) is 53.9 cm³/mol. The minimum atomic E-state index is -0.410. The molecule has 0 aliphatic carbocycles. The average Bonchev–Trinajstić information content (AvgIpc) is 2.14. The van der Waals surface area contributed by atoms with Gasteiger partial charge in [-0.05, 0) is 6.92 Å². The number of hydrazone groups is 1. The van der Waals surface area contributed by atoms with Gasteiger partial charge in [-0.3, -0.25) is 0 Å². The van der Waals surface area contributed by atoms with Crippen molar-refractivity contribution in [2.24, 2.45) is 5.10 Å². The van der Waals surface area contributed by atoms with E-state index in [2.05, 4.69) is 21.8 Å². The molecule has 0 saturated carbocycles. The first-order valence-corrected chi connectivity index (χ1v) is 4.08. The Bertz CT molecular complexity index is 362. The summed E-state index contributed by atoms with van der Waals surface area (Å²) in [6, 6.07) is 1.45. The monoisotopic (exact) mass is 214 g/mol. The number of allylic oxidation sites excluding steroid dienone is 1. The standard InChI is InChI=1S/C8H8ClFN4/c1-6(10)4-14(11-2)8-3-7(9)12-5-13-8/h3-5H,2H2,1H3. The second kappa shape index (κ2) is 4.66. The fourth-order valence-electron chi connectivity index (χ4n) is 0.797. The van der Waals surface area contributed by atoms with Crippen molar-refractivity contribution in [2.45, 2.75) is 6.92 Å². The highest BCUT2D eigenvalue weighted by atomic mass is 35.5. The van der Waals surface area contributed by atoms with Crippen LogP contribution in [0.15, 0.2) is 29.5 Å². The zero-order valence-electron chi connectivity index (χ0n) is 7.48. The molecule has 1 aromatic heterocycles. The average molecular weight is 215 g/mol. The van der Waals surface area contributed by atoms with Gasteiger partial charge in [-0.25, -0.2) is 19.4 Å². The molecule has 0 aromatic carbocycles. The van der Waals surface area contributed by atoms with Crippen LogP contribution in [0.5, 0.6) is 0 Å². The molecule has 0 atom stereocenters. The molecule has 0 spiro atoms. The number of hydrogen-bond acceptors (Lipinski definition) is 4. The molecule has 0 fully saturated rings. The van der Waals surface area contributed by atoms with Crippen molar-refractivity contribution in [1.82, 2.24) is 9.97 Å². The largest absolute Gasteiger partial charge is 0.224 e. The number of anilines is 1. The van der Waals surface area contributed by atoms with Gasteiger partial charge in [0.1, 0.15) is 17.3 Å². The molecule has 0 aliphatic heterocycles. The van der Waals surface area contributed by atoms with Crippen LogP contribution in [0.1, 0.15) is 6.92 Å². The molecular weight excluding hydrogens is 207 g/mol. The lowest BCUT2D eigenvalue weighted by Gasteiger charge is -2.11. The first-order chi connectivity index (χ1) is 6.63. The molecular formula is C8H8ClFN4. The third kappa shape index (κ3) is 2.77. The van der Waals surface area contributed by atoms with Crippen LogP contribution in [-0.4, -0.2) is 16.7 Å². The van der Waals surface area contributed by atoms with Gasteiger partial charge < -0.3 is 0 Å². The molecule has 1 rings (SSSR count). The fraction of sp³-hybridized carbons (Fsp3) is 0.125. The van der Waals surface area contributed by atoms with Crippen LogP contribution in [0, 0.1) is 0 Å². The van der Waals surface area contributed by atoms with Gasteiger partial charge in [0.05, 0.1) is 6.20 Å². The molecule has 0 radical (unpaired) electrons. The molecule has 74 valence electrons. The second-order valence-corrected chi connectivity index (χ2v) is 2.79. The highest BCUT2D eigenvalue weighted by Crippen LogP contribution is 2.15. The van der Waals surface area contributed by atoms with Gasteiger partial charge in [0, 0.05) is 12.8 Å². The van der Waals surface area contributed by atoms with Crippen molar-refractivity contribution in [3.05, 3.63) is 29.6 Å². The minimum Gasteiger partial charge on any atom is -0.224 e. The summed E-state index contributed by atoms with van der Waals surface area (Å²) in [4.78, 5) is 7.54. The number of nitrogens with zero attached hydrogens (tertiary/aromatic N) is 4. The molecule has 4 nitrogen and oxygen atoms in total. The Morgan fingerprint density at radius 2 is 2.43 bits per heavy atom. The summed E-state index contributed by atoms with van der Waals surface area (Å²) < 4.78 is 12.6. The van der Waals surface area contributed by atoms with Gasteiger partial charge in [0.2, 0.25) is 0 Å². The van der Waals surface area contributed by atoms with E-state index in [-0.39, 0.29) is 5.15 Å². The molecule has 0 aliphatic rings. The zero-order chi connectivity index (χ0) is 10.6. The smallest absolute Gasteiger partial charge is 0.158 e. The van der Waals surface area contributed by atoms with E-state index in [1.807, 2.05) is 0 Å². The van der Waals surface area contributed by atoms with E-state index in [0.29, 0.717) is 5.82 Å². The highest BCUT2D eigenvalue weighted by Gasteiger charge is 2.04. The minimum absolute atomic E-state index is 0.258. The van der Waals surface area contributed by atoms with E-state index in [4.69, 9.17) is 11.6 Å². The summed E-state index contributed by atoms with van der Waals surface area (Å²) in [7, 11) is 0. The van der Waals surface area contributed by atoms with Crippen molar-refractivity contribution >= 4 is 24.1 Å². The Labute approximate surface area is 85.7 Å². The van der Waals surface area contributed by atoms with Gasteiger partial charge in [0.25, 0.3) is 0 Å². The van der Waals surface area contributed by atoms with Crippen LogP contribution in [0.2, 0.25) is 5.15 Å². The second-order valence-electron chi connectivity index (χ2n) is 2.40. The molecule has 0 bridgehead atoms. The normalized spacial score (nSPS) is 11.2. The van der Waals surface area contributed by atoms with Crippen molar-refractivity contribution in [3.8, 4) is 0 Å². The summed E-state index contributed by atoms with van der Waals surface area (Å²) in [5, 5.41) is 4.99. The Hall–Kier alpha value is -1.49. The third-order valence-electron chi connectivity index (χ3n) is 1.31. The van der Waals surface area contributed by atoms with E-state index in [0.717, 1.165) is 6.20 Å². The number of hydrogen-bond donors (Lipinski definition) is 0. The van der Waals surface area contributed by atoms with Crippen molar-refractivity contribution < 1.29 is 4.39 Å². The lowest BCUT2D eigenvalue weighted by atomic mass is 10.5. The van der Waals surface area contributed by atoms with Gasteiger partial charge in [-0.1, -0.05) is 11.6 Å². The zero-order valence-corrected chi connectivity index (χ0v) is 8.24. The Balaban J connectivity index is 3.01. The van der Waals surface area contributed by atoms with E-state index in [1.165, 1.54) is 24.3 Å². The Kier molecular flexibility index (Phi) is 3.53. The predicted octanol–water partition coefficient (Wildman–Crippen LogP) is 2.38. The quantitative estimate of drug-likeness (QED) is 0.441. The SMILES string of the molecule is C=NN(C=C(C)F)c1cc(Cl)ncn1. The summed E-state index contributed by atoms with van der Waals surface area (Å²) in [6.45, 7) is 4.57. The lowest BCUT2D eigenvalue weighted by molar-refractivity contribution is 0.633. The van der Waals surface area contributed by atoms with E-state index >= 15 is 0 Å². The summed E-state index contributed by atoms with van der Waals surface area (Å²) >= 11 is 5.63. The van der Waals surface area contributed by atoms with Crippen molar-refractivity contribution in [3.63, 3.8) is 0 Å². The van der Waals surface area contributed by atoms with Crippen LogP contribution in [-0.2, 0) is 0 Å². The molecule has 0 unspecified atom stereocenters. The first kappa shape index (κ1) is 10.6. The Morgan fingerprint density at radius 3 is 2.93 bits per heavy atom. The molecule has 1 heterocycles. The molecule has 1 aromatic rings. The summed E-state index contributed by atoms with van der Waals surface area (Å²) in [5.74, 6) is -0.0517.